The molecule has 19 heavy (non-hydrogen) atoms. The Morgan fingerprint density at radius 3 is 2.37 bits per heavy atom. The highest BCUT2D eigenvalue weighted by atomic mass is 16.5. The first-order valence-electron chi connectivity index (χ1n) is 5.82. The van der Waals surface area contributed by atoms with E-state index in [1.165, 1.54) is 6.07 Å². The van der Waals surface area contributed by atoms with Gasteiger partial charge in [-0.3, -0.25) is 0 Å². The zero-order valence-corrected chi connectivity index (χ0v) is 10.5. The highest BCUT2D eigenvalue weighted by molar-refractivity contribution is 5.88. The van der Waals surface area contributed by atoms with Crippen LogP contribution < -0.4 is 4.74 Å². The Morgan fingerprint density at radius 2 is 1.84 bits per heavy atom. The van der Waals surface area contributed by atoms with Gasteiger partial charge < -0.3 is 14.9 Å². The average molecular weight is 258 g/mol. The Labute approximate surface area is 110 Å². The van der Waals surface area contributed by atoms with Gasteiger partial charge in [-0.15, -0.1) is 0 Å². The van der Waals surface area contributed by atoms with Gasteiger partial charge in [0.15, 0.2) is 0 Å². The largest absolute Gasteiger partial charge is 0.478 e. The number of aryl methyl sites for hydroxylation is 1. The smallest absolute Gasteiger partial charge is 0.335 e. The quantitative estimate of drug-likeness (QED) is 0.884. The molecule has 0 radical (unpaired) electrons. The molecule has 0 amide bonds. The fourth-order valence-electron chi connectivity index (χ4n) is 1.69. The minimum absolute atomic E-state index is 0.00733. The van der Waals surface area contributed by atoms with Gasteiger partial charge in [-0.05, 0) is 48.4 Å². The van der Waals surface area contributed by atoms with Gasteiger partial charge in [0.25, 0.3) is 0 Å². The van der Waals surface area contributed by atoms with Crippen LogP contribution in [0.1, 0.15) is 21.5 Å². The number of carboxylic acid groups (broad SMARTS) is 1. The van der Waals surface area contributed by atoms with Gasteiger partial charge in [-0.1, -0.05) is 12.1 Å². The second-order valence-corrected chi connectivity index (χ2v) is 4.19. The van der Waals surface area contributed by atoms with Crippen molar-refractivity contribution in [3.05, 3.63) is 59.2 Å². The Balaban J connectivity index is 2.20. The van der Waals surface area contributed by atoms with E-state index in [2.05, 4.69) is 0 Å². The van der Waals surface area contributed by atoms with Crippen LogP contribution in [-0.4, -0.2) is 16.2 Å². The first-order chi connectivity index (χ1) is 9.10. The molecule has 2 rings (SSSR count). The van der Waals surface area contributed by atoms with Crippen LogP contribution in [0, 0.1) is 6.92 Å². The molecule has 0 aliphatic rings. The molecule has 2 aromatic carbocycles. The fraction of sp³-hybridized carbons (Fsp3) is 0.133. The predicted molar refractivity (Wildman–Crippen MR) is 70.6 cm³/mol. The summed E-state index contributed by atoms with van der Waals surface area (Å²) in [6.07, 6.45) is 0. The summed E-state index contributed by atoms with van der Waals surface area (Å²) in [5.41, 5.74) is 1.80. The summed E-state index contributed by atoms with van der Waals surface area (Å²) in [5.74, 6) is 0.298. The molecule has 4 heteroatoms. The molecule has 0 saturated heterocycles. The van der Waals surface area contributed by atoms with Gasteiger partial charge in [0.1, 0.15) is 11.5 Å². The molecule has 0 spiro atoms. The Hall–Kier alpha value is -2.33. The summed E-state index contributed by atoms with van der Waals surface area (Å²) in [4.78, 5) is 10.8. The zero-order chi connectivity index (χ0) is 13.8. The van der Waals surface area contributed by atoms with Gasteiger partial charge in [0.05, 0.1) is 12.2 Å². The molecular formula is C15H14O4. The van der Waals surface area contributed by atoms with E-state index < -0.39 is 5.97 Å². The monoisotopic (exact) mass is 258 g/mol. The standard InChI is InChI=1S/C15H14O4/c1-10-8-12(15(17)18)4-7-14(10)19-13-5-2-11(9-16)3-6-13/h2-8,16H,9H2,1H3,(H,17,18). The van der Waals surface area contributed by atoms with Crippen molar-refractivity contribution in [2.75, 3.05) is 0 Å². The van der Waals surface area contributed by atoms with E-state index in [-0.39, 0.29) is 12.2 Å². The summed E-state index contributed by atoms with van der Waals surface area (Å²) >= 11 is 0. The highest BCUT2D eigenvalue weighted by Crippen LogP contribution is 2.26. The second kappa shape index (κ2) is 5.54. The fourth-order valence-corrected chi connectivity index (χ4v) is 1.69. The number of ether oxygens (including phenoxy) is 1. The van der Waals surface area contributed by atoms with Crippen molar-refractivity contribution in [3.63, 3.8) is 0 Å². The Morgan fingerprint density at radius 1 is 1.16 bits per heavy atom. The van der Waals surface area contributed by atoms with Crippen LogP contribution in [-0.2, 0) is 6.61 Å². The van der Waals surface area contributed by atoms with Crippen LogP contribution in [0.5, 0.6) is 11.5 Å². The lowest BCUT2D eigenvalue weighted by Crippen LogP contribution is -1.97. The molecule has 2 N–H and O–H groups in total. The molecule has 0 unspecified atom stereocenters. The first kappa shape index (κ1) is 13.1. The molecule has 0 bridgehead atoms. The van der Waals surface area contributed by atoms with Crippen LogP contribution in [0.4, 0.5) is 0 Å². The second-order valence-electron chi connectivity index (χ2n) is 4.19. The van der Waals surface area contributed by atoms with E-state index in [4.69, 9.17) is 14.9 Å². The number of benzene rings is 2. The van der Waals surface area contributed by atoms with Gasteiger partial charge in [-0.2, -0.15) is 0 Å². The summed E-state index contributed by atoms with van der Waals surface area (Å²) in [5, 5.41) is 17.8. The zero-order valence-electron chi connectivity index (χ0n) is 10.5. The van der Waals surface area contributed by atoms with Crippen molar-refractivity contribution in [2.24, 2.45) is 0 Å². The topological polar surface area (TPSA) is 66.8 Å². The number of carboxylic acids is 1. The van der Waals surface area contributed by atoms with E-state index in [0.717, 1.165) is 11.1 Å². The van der Waals surface area contributed by atoms with Crippen molar-refractivity contribution >= 4 is 5.97 Å². The summed E-state index contributed by atoms with van der Waals surface area (Å²) in [7, 11) is 0. The van der Waals surface area contributed by atoms with E-state index in [9.17, 15) is 4.79 Å². The van der Waals surface area contributed by atoms with Crippen molar-refractivity contribution in [1.29, 1.82) is 0 Å². The van der Waals surface area contributed by atoms with Crippen LogP contribution in [0.25, 0.3) is 0 Å². The van der Waals surface area contributed by atoms with Crippen LogP contribution in [0.3, 0.4) is 0 Å². The van der Waals surface area contributed by atoms with Crippen molar-refractivity contribution in [1.82, 2.24) is 0 Å². The number of aliphatic hydroxyl groups excluding tert-OH is 1. The van der Waals surface area contributed by atoms with Crippen molar-refractivity contribution in [3.8, 4) is 11.5 Å². The molecule has 0 heterocycles. The molecular weight excluding hydrogens is 244 g/mol. The number of carbonyl (C=O) groups is 1. The Bertz CT molecular complexity index is 588. The highest BCUT2D eigenvalue weighted by Gasteiger charge is 2.07. The number of hydrogen-bond donors (Lipinski definition) is 2. The molecule has 0 aliphatic carbocycles. The molecule has 98 valence electrons. The maximum atomic E-state index is 10.8. The van der Waals surface area contributed by atoms with Crippen molar-refractivity contribution in [2.45, 2.75) is 13.5 Å². The summed E-state index contributed by atoms with van der Waals surface area (Å²) in [6, 6.07) is 11.8. The number of rotatable bonds is 4. The number of aliphatic hydroxyl groups is 1. The van der Waals surface area contributed by atoms with Gasteiger partial charge in [0.2, 0.25) is 0 Å². The number of hydrogen-bond acceptors (Lipinski definition) is 3. The van der Waals surface area contributed by atoms with Crippen LogP contribution >= 0.6 is 0 Å². The van der Waals surface area contributed by atoms with E-state index in [1.807, 2.05) is 0 Å². The lowest BCUT2D eigenvalue weighted by atomic mass is 10.1. The predicted octanol–water partition coefficient (Wildman–Crippen LogP) is 2.98. The summed E-state index contributed by atoms with van der Waals surface area (Å²) < 4.78 is 5.67. The van der Waals surface area contributed by atoms with E-state index in [1.54, 1.807) is 43.3 Å². The average Bonchev–Trinajstić information content (AvgIpc) is 2.41. The van der Waals surface area contributed by atoms with Crippen molar-refractivity contribution < 1.29 is 19.7 Å². The molecule has 0 saturated carbocycles. The minimum Gasteiger partial charge on any atom is -0.478 e. The lowest BCUT2D eigenvalue weighted by Gasteiger charge is -2.09. The van der Waals surface area contributed by atoms with Gasteiger partial charge in [-0.25, -0.2) is 4.79 Å². The molecule has 0 aromatic heterocycles. The third kappa shape index (κ3) is 3.11. The molecule has 2 aromatic rings. The third-order valence-electron chi connectivity index (χ3n) is 2.76. The van der Waals surface area contributed by atoms with Crippen LogP contribution in [0.15, 0.2) is 42.5 Å². The third-order valence-corrected chi connectivity index (χ3v) is 2.76. The number of aromatic carboxylic acids is 1. The lowest BCUT2D eigenvalue weighted by molar-refractivity contribution is 0.0697. The molecule has 4 nitrogen and oxygen atoms in total. The Kier molecular flexibility index (Phi) is 3.82. The van der Waals surface area contributed by atoms with E-state index >= 15 is 0 Å². The first-order valence-corrected chi connectivity index (χ1v) is 5.82. The maximum absolute atomic E-state index is 10.8. The summed E-state index contributed by atoms with van der Waals surface area (Å²) in [6.45, 7) is 1.79. The van der Waals surface area contributed by atoms with E-state index in [0.29, 0.717) is 11.5 Å². The van der Waals surface area contributed by atoms with Gasteiger partial charge >= 0.3 is 5.97 Å². The minimum atomic E-state index is -0.957. The van der Waals surface area contributed by atoms with Gasteiger partial charge in [0, 0.05) is 0 Å². The maximum Gasteiger partial charge on any atom is 0.335 e. The SMILES string of the molecule is Cc1cc(C(=O)O)ccc1Oc1ccc(CO)cc1. The molecule has 0 fully saturated rings. The normalized spacial score (nSPS) is 10.2. The molecule has 0 aliphatic heterocycles. The van der Waals surface area contributed by atoms with Crippen LogP contribution in [0.2, 0.25) is 0 Å². The molecule has 0 atom stereocenters.